The smallest absolute Gasteiger partial charge is 0.407 e. The number of unbranched alkanes of at least 4 members (excludes halogenated alkanes) is 1. The van der Waals surface area contributed by atoms with E-state index in [2.05, 4.69) is 31.9 Å². The highest BCUT2D eigenvalue weighted by atomic mass is 16.7. The number of benzene rings is 4. The maximum atomic E-state index is 13.5. The predicted octanol–water partition coefficient (Wildman–Crippen LogP) is 5.96. The summed E-state index contributed by atoms with van der Waals surface area (Å²) < 4.78 is 16.0. The minimum absolute atomic E-state index is 0.0319. The molecule has 4 aromatic carbocycles. The van der Waals surface area contributed by atoms with Crippen LogP contribution in [-0.2, 0) is 27.5 Å². The Hall–Kier alpha value is -6.77. The number of hydrogen-bond donors (Lipinski definition) is 7. The van der Waals surface area contributed by atoms with Crippen LogP contribution >= 0.6 is 0 Å². The third kappa shape index (κ3) is 12.7. The Bertz CT molecular complexity index is 1940. The zero-order valence-electron chi connectivity index (χ0n) is 30.3. The van der Waals surface area contributed by atoms with Crippen LogP contribution in [0.4, 0.5) is 25.8 Å². The van der Waals surface area contributed by atoms with E-state index in [0.717, 1.165) is 16.7 Å². The minimum atomic E-state index is -1.14. The molecule has 5 rings (SSSR count). The third-order valence-corrected chi connectivity index (χ3v) is 8.58. The Labute approximate surface area is 318 Å². The van der Waals surface area contributed by atoms with E-state index in [1.54, 1.807) is 48.5 Å². The molecule has 2 atom stereocenters. The highest BCUT2D eigenvalue weighted by molar-refractivity contribution is 6.00. The predicted molar refractivity (Wildman–Crippen MR) is 204 cm³/mol. The first-order valence-corrected chi connectivity index (χ1v) is 17.8. The number of aryl methyl sites for hydroxylation is 1. The van der Waals surface area contributed by atoms with Gasteiger partial charge in [0.25, 0.3) is 0 Å². The van der Waals surface area contributed by atoms with Crippen molar-refractivity contribution in [1.82, 2.24) is 21.3 Å². The maximum Gasteiger partial charge on any atom is 0.407 e. The molecular weight excluding hydrogens is 708 g/mol. The molecule has 15 nitrogen and oxygen atoms in total. The van der Waals surface area contributed by atoms with Crippen molar-refractivity contribution in [2.45, 2.75) is 57.8 Å². The van der Waals surface area contributed by atoms with E-state index in [-0.39, 0.29) is 32.9 Å². The Morgan fingerprint density at radius 1 is 0.764 bits per heavy atom. The van der Waals surface area contributed by atoms with Crippen molar-refractivity contribution >= 4 is 41.4 Å². The molecule has 0 radical (unpaired) electrons. The summed E-state index contributed by atoms with van der Waals surface area (Å²) in [5.74, 6) is -0.671. The van der Waals surface area contributed by atoms with Gasteiger partial charge in [0.15, 0.2) is 11.5 Å². The molecule has 0 spiro atoms. The SMILES string of the molecule is Cc1ccccc1NC(=O)Nc1ccc(CNC(=O)[C@H](CCCCNC(=O)OCc2ccccc2)NC(=O)N[C@H](CC(=O)O)c2ccc3c(c2)OCO3)cc1. The second kappa shape index (κ2) is 19.9. The van der Waals surface area contributed by atoms with Crippen LogP contribution in [0.15, 0.2) is 97.1 Å². The summed E-state index contributed by atoms with van der Waals surface area (Å²) in [5, 5.41) is 26.1. The van der Waals surface area contributed by atoms with Crippen molar-refractivity contribution in [3.05, 3.63) is 119 Å². The van der Waals surface area contributed by atoms with Crippen LogP contribution < -0.4 is 41.4 Å². The van der Waals surface area contributed by atoms with E-state index in [4.69, 9.17) is 14.2 Å². The Balaban J connectivity index is 1.15. The molecule has 0 unspecified atom stereocenters. The van der Waals surface area contributed by atoms with Gasteiger partial charge in [0.05, 0.1) is 12.5 Å². The number of amides is 6. The second-order valence-corrected chi connectivity index (χ2v) is 12.7. The number of carbonyl (C=O) groups is 5. The first-order chi connectivity index (χ1) is 26.6. The number of carbonyl (C=O) groups excluding carboxylic acids is 4. The van der Waals surface area contributed by atoms with Crippen LogP contribution in [0.2, 0.25) is 0 Å². The lowest BCUT2D eigenvalue weighted by Gasteiger charge is -2.22. The molecule has 7 N–H and O–H groups in total. The van der Waals surface area contributed by atoms with Crippen LogP contribution in [0.3, 0.4) is 0 Å². The van der Waals surface area contributed by atoms with E-state index < -0.39 is 48.5 Å². The maximum absolute atomic E-state index is 13.5. The quantitative estimate of drug-likeness (QED) is 0.0635. The number of carboxylic acid groups (broad SMARTS) is 1. The number of para-hydroxylation sites is 1. The number of fused-ring (bicyclic) bond motifs is 1. The minimum Gasteiger partial charge on any atom is -0.481 e. The Kier molecular flexibility index (Phi) is 14.3. The van der Waals surface area contributed by atoms with Crippen molar-refractivity contribution in [3.8, 4) is 11.5 Å². The van der Waals surface area contributed by atoms with E-state index in [9.17, 15) is 29.1 Å². The monoisotopic (exact) mass is 752 g/mol. The van der Waals surface area contributed by atoms with Crippen molar-refractivity contribution in [2.75, 3.05) is 24.0 Å². The van der Waals surface area contributed by atoms with Gasteiger partial charge < -0.3 is 51.2 Å². The number of hydrogen-bond acceptors (Lipinski definition) is 8. The van der Waals surface area contributed by atoms with Gasteiger partial charge in [-0.1, -0.05) is 66.7 Å². The van der Waals surface area contributed by atoms with Gasteiger partial charge in [-0.3, -0.25) is 9.59 Å². The summed E-state index contributed by atoms with van der Waals surface area (Å²) in [7, 11) is 0. The van der Waals surface area contributed by atoms with Gasteiger partial charge >= 0.3 is 24.1 Å². The number of anilines is 2. The normalized spacial score (nSPS) is 12.4. The number of ether oxygens (including phenoxy) is 3. The fourth-order valence-electron chi connectivity index (χ4n) is 5.64. The molecule has 15 heteroatoms. The largest absolute Gasteiger partial charge is 0.481 e. The summed E-state index contributed by atoms with van der Waals surface area (Å²) in [6, 6.07) is 25.4. The number of carboxylic acids is 1. The van der Waals surface area contributed by atoms with Crippen molar-refractivity contribution < 1.29 is 43.3 Å². The highest BCUT2D eigenvalue weighted by Crippen LogP contribution is 2.34. The van der Waals surface area contributed by atoms with Gasteiger partial charge in [0, 0.05) is 24.5 Å². The first kappa shape index (κ1) is 39.4. The summed E-state index contributed by atoms with van der Waals surface area (Å²) in [4.78, 5) is 63.2. The Morgan fingerprint density at radius 3 is 2.27 bits per heavy atom. The second-order valence-electron chi connectivity index (χ2n) is 12.7. The van der Waals surface area contributed by atoms with Crippen molar-refractivity contribution in [3.63, 3.8) is 0 Å². The van der Waals surface area contributed by atoms with E-state index >= 15 is 0 Å². The van der Waals surface area contributed by atoms with Crippen molar-refractivity contribution in [2.24, 2.45) is 0 Å². The molecule has 288 valence electrons. The number of rotatable bonds is 17. The van der Waals surface area contributed by atoms with Gasteiger partial charge in [-0.25, -0.2) is 14.4 Å². The topological polar surface area (TPSA) is 205 Å². The average molecular weight is 753 g/mol. The van der Waals surface area contributed by atoms with Gasteiger partial charge in [0.1, 0.15) is 12.6 Å². The number of nitrogens with one attached hydrogen (secondary N) is 6. The molecular formula is C40H44N6O9. The zero-order valence-corrected chi connectivity index (χ0v) is 30.3. The van der Waals surface area contributed by atoms with E-state index in [0.29, 0.717) is 41.3 Å². The summed E-state index contributed by atoms with van der Waals surface area (Å²) >= 11 is 0. The summed E-state index contributed by atoms with van der Waals surface area (Å²) in [6.07, 6.45) is 0.152. The van der Waals surface area contributed by atoms with Crippen LogP contribution in [0, 0.1) is 6.92 Å². The van der Waals surface area contributed by atoms with Crippen LogP contribution in [0.5, 0.6) is 11.5 Å². The number of aliphatic carboxylic acids is 1. The van der Waals surface area contributed by atoms with Gasteiger partial charge in [-0.15, -0.1) is 0 Å². The molecule has 1 aliphatic rings. The molecule has 6 amide bonds. The molecule has 4 aromatic rings. The third-order valence-electron chi connectivity index (χ3n) is 8.58. The first-order valence-electron chi connectivity index (χ1n) is 17.8. The molecule has 0 aromatic heterocycles. The lowest BCUT2D eigenvalue weighted by Crippen LogP contribution is -2.50. The molecule has 0 fully saturated rings. The van der Waals surface area contributed by atoms with Crippen LogP contribution in [0.1, 0.15) is 54.0 Å². The number of urea groups is 2. The molecule has 0 bridgehead atoms. The molecule has 0 saturated heterocycles. The molecule has 0 saturated carbocycles. The summed E-state index contributed by atoms with van der Waals surface area (Å²) in [6.45, 7) is 2.46. The van der Waals surface area contributed by atoms with Gasteiger partial charge in [-0.05, 0) is 78.8 Å². The van der Waals surface area contributed by atoms with Gasteiger partial charge in [-0.2, -0.15) is 0 Å². The lowest BCUT2D eigenvalue weighted by atomic mass is 10.0. The molecule has 1 heterocycles. The fraction of sp³-hybridized carbons (Fsp3) is 0.275. The van der Waals surface area contributed by atoms with Crippen LogP contribution in [0.25, 0.3) is 0 Å². The Morgan fingerprint density at radius 2 is 1.51 bits per heavy atom. The molecule has 55 heavy (non-hydrogen) atoms. The van der Waals surface area contributed by atoms with Crippen molar-refractivity contribution in [1.29, 1.82) is 0 Å². The van der Waals surface area contributed by atoms with E-state index in [1.165, 1.54) is 0 Å². The van der Waals surface area contributed by atoms with Crippen LogP contribution in [-0.4, -0.2) is 54.5 Å². The highest BCUT2D eigenvalue weighted by Gasteiger charge is 2.25. The standard InChI is InChI=1S/C40H44N6O9/c1-26-9-5-6-12-31(26)44-38(50)43-30-17-14-27(15-18-30)23-42-37(49)32(13-7-8-20-41-40(52)53-24-28-10-3-2-4-11-28)45-39(51)46-33(22-36(47)48)29-16-19-34-35(21-29)55-25-54-34/h2-6,9-12,14-19,21,32-33H,7-8,13,20,22-25H2,1H3,(H,41,52)(H,42,49)(H,47,48)(H2,43,44,50)(H2,45,46,51)/t32-,33+/m0/s1. The zero-order chi connectivity index (χ0) is 39.0. The number of alkyl carbamates (subject to hydrolysis) is 1. The average Bonchev–Trinajstić information content (AvgIpc) is 3.65. The van der Waals surface area contributed by atoms with E-state index in [1.807, 2.05) is 55.5 Å². The lowest BCUT2D eigenvalue weighted by molar-refractivity contribution is -0.137. The summed E-state index contributed by atoms with van der Waals surface area (Å²) in [5.41, 5.74) is 4.25. The van der Waals surface area contributed by atoms with Gasteiger partial charge in [0.2, 0.25) is 12.7 Å². The molecule has 1 aliphatic heterocycles. The molecule has 0 aliphatic carbocycles. The fourth-order valence-corrected chi connectivity index (χ4v) is 5.64.